The summed E-state index contributed by atoms with van der Waals surface area (Å²) in [7, 11) is 3.79. The van der Waals surface area contributed by atoms with Gasteiger partial charge in [0.15, 0.2) is 0 Å². The van der Waals surface area contributed by atoms with E-state index in [-0.39, 0.29) is 11.7 Å². The van der Waals surface area contributed by atoms with Gasteiger partial charge in [-0.3, -0.25) is 4.79 Å². The van der Waals surface area contributed by atoms with E-state index in [4.69, 9.17) is 27.6 Å². The Labute approximate surface area is 170 Å². The minimum Gasteiger partial charge on any atom is -0.411 e. The molecule has 0 unspecified atom stereocenters. The lowest BCUT2D eigenvalue weighted by atomic mass is 10.2. The third-order valence-electron chi connectivity index (χ3n) is 3.54. The number of nitrogens with one attached hydrogen (secondary N) is 1. The van der Waals surface area contributed by atoms with Gasteiger partial charge in [-0.1, -0.05) is 35.0 Å². The number of halogens is 2. The zero-order chi connectivity index (χ0) is 19.4. The van der Waals surface area contributed by atoms with Gasteiger partial charge in [-0.25, -0.2) is 0 Å². The third kappa shape index (κ3) is 5.15. The van der Waals surface area contributed by atoms with E-state index < -0.39 is 0 Å². The molecule has 0 fully saturated rings. The van der Waals surface area contributed by atoms with E-state index in [9.17, 15) is 4.79 Å². The van der Waals surface area contributed by atoms with Crippen LogP contribution in [0.2, 0.25) is 10.0 Å². The van der Waals surface area contributed by atoms with Crippen LogP contribution in [0, 0.1) is 0 Å². The lowest BCUT2D eigenvalue weighted by Gasteiger charge is -2.18. The first-order valence-electron chi connectivity index (χ1n) is 7.91. The van der Waals surface area contributed by atoms with Gasteiger partial charge in [-0.05, 0) is 42.5 Å². The lowest BCUT2D eigenvalue weighted by molar-refractivity contribution is -0.113. The van der Waals surface area contributed by atoms with Crippen molar-refractivity contribution in [1.29, 1.82) is 0 Å². The molecule has 9 heteroatoms. The molecule has 1 amide bonds. The second-order valence-corrected chi connectivity index (χ2v) is 7.57. The molecule has 1 aromatic heterocycles. The number of amides is 1. The maximum absolute atomic E-state index is 12.3. The highest BCUT2D eigenvalue weighted by Gasteiger charge is 2.13. The van der Waals surface area contributed by atoms with Gasteiger partial charge >= 0.3 is 0 Å². The van der Waals surface area contributed by atoms with Crippen LogP contribution in [-0.4, -0.2) is 36.0 Å². The van der Waals surface area contributed by atoms with Crippen LogP contribution in [0.3, 0.4) is 0 Å². The number of benzene rings is 2. The summed E-state index contributed by atoms with van der Waals surface area (Å²) in [5, 5.41) is 12.3. The second kappa shape index (κ2) is 8.65. The quantitative estimate of drug-likeness (QED) is 0.572. The highest BCUT2D eigenvalue weighted by molar-refractivity contribution is 7.99. The molecular formula is C18H16Cl2N4O2S. The Morgan fingerprint density at radius 2 is 1.81 bits per heavy atom. The van der Waals surface area contributed by atoms with Crippen molar-refractivity contribution in [3.63, 3.8) is 0 Å². The number of aromatic nitrogens is 2. The molecule has 1 heterocycles. The van der Waals surface area contributed by atoms with Crippen molar-refractivity contribution in [3.05, 3.63) is 52.5 Å². The van der Waals surface area contributed by atoms with Gasteiger partial charge in [-0.15, -0.1) is 10.2 Å². The van der Waals surface area contributed by atoms with Crippen molar-refractivity contribution in [2.45, 2.75) is 5.22 Å². The molecule has 0 saturated carbocycles. The van der Waals surface area contributed by atoms with Crippen molar-refractivity contribution in [2.75, 3.05) is 30.1 Å². The van der Waals surface area contributed by atoms with E-state index in [2.05, 4.69) is 15.5 Å². The number of nitrogens with zero attached hydrogens (tertiary/aromatic N) is 3. The van der Waals surface area contributed by atoms with Gasteiger partial charge in [0.2, 0.25) is 11.8 Å². The monoisotopic (exact) mass is 422 g/mol. The molecule has 0 spiro atoms. The van der Waals surface area contributed by atoms with Crippen LogP contribution in [0.25, 0.3) is 11.5 Å². The molecule has 0 saturated heterocycles. The summed E-state index contributed by atoms with van der Waals surface area (Å²) in [5.41, 5.74) is 2.27. The van der Waals surface area contributed by atoms with Crippen molar-refractivity contribution in [3.8, 4) is 11.5 Å². The summed E-state index contributed by atoms with van der Waals surface area (Å²) in [6.07, 6.45) is 0. The molecule has 140 valence electrons. The van der Waals surface area contributed by atoms with Gasteiger partial charge in [0, 0.05) is 29.7 Å². The van der Waals surface area contributed by atoms with Crippen molar-refractivity contribution in [2.24, 2.45) is 0 Å². The van der Waals surface area contributed by atoms with Crippen molar-refractivity contribution < 1.29 is 9.21 Å². The summed E-state index contributed by atoms with van der Waals surface area (Å²) in [4.78, 5) is 14.2. The predicted molar refractivity (Wildman–Crippen MR) is 110 cm³/mol. The van der Waals surface area contributed by atoms with Crippen molar-refractivity contribution in [1.82, 2.24) is 10.2 Å². The van der Waals surface area contributed by atoms with Crippen LogP contribution in [-0.2, 0) is 4.79 Å². The molecule has 6 nitrogen and oxygen atoms in total. The Hall–Kier alpha value is -2.22. The average Bonchev–Trinajstić information content (AvgIpc) is 3.09. The summed E-state index contributed by atoms with van der Waals surface area (Å²) in [6, 6.07) is 12.4. The highest BCUT2D eigenvalue weighted by Crippen LogP contribution is 2.29. The number of rotatable bonds is 6. The first-order valence-corrected chi connectivity index (χ1v) is 9.65. The first kappa shape index (κ1) is 19.5. The molecular weight excluding hydrogens is 407 g/mol. The smallest absolute Gasteiger partial charge is 0.277 e. The Kier molecular flexibility index (Phi) is 6.26. The Morgan fingerprint density at radius 3 is 2.52 bits per heavy atom. The van der Waals surface area contributed by atoms with Crippen LogP contribution in [0.4, 0.5) is 11.4 Å². The number of carbonyl (C=O) groups is 1. The molecule has 0 aliphatic rings. The van der Waals surface area contributed by atoms with E-state index in [0.29, 0.717) is 26.8 Å². The fourth-order valence-corrected chi connectivity index (χ4v) is 3.15. The maximum Gasteiger partial charge on any atom is 0.277 e. The molecule has 0 aliphatic carbocycles. The summed E-state index contributed by atoms with van der Waals surface area (Å²) in [5.74, 6) is 0.303. The lowest BCUT2D eigenvalue weighted by Crippen LogP contribution is -2.18. The fraction of sp³-hybridized carbons (Fsp3) is 0.167. The van der Waals surface area contributed by atoms with Crippen molar-refractivity contribution >= 4 is 52.2 Å². The molecule has 0 bridgehead atoms. The zero-order valence-corrected chi connectivity index (χ0v) is 16.9. The molecule has 3 rings (SSSR count). The number of carbonyl (C=O) groups excluding carboxylic acids is 1. The highest BCUT2D eigenvalue weighted by atomic mass is 35.5. The second-order valence-electron chi connectivity index (χ2n) is 5.77. The number of anilines is 2. The van der Waals surface area contributed by atoms with E-state index in [1.165, 1.54) is 0 Å². The largest absolute Gasteiger partial charge is 0.411 e. The minimum atomic E-state index is -0.198. The predicted octanol–water partition coefficient (Wildman–Crippen LogP) is 4.84. The third-order valence-corrected chi connectivity index (χ3v) is 4.84. The van der Waals surface area contributed by atoms with Crippen LogP contribution >= 0.6 is 35.0 Å². The van der Waals surface area contributed by atoms with Crippen LogP contribution in [0.1, 0.15) is 0 Å². The Morgan fingerprint density at radius 1 is 1.11 bits per heavy atom. The van der Waals surface area contributed by atoms with E-state index in [0.717, 1.165) is 23.0 Å². The zero-order valence-electron chi connectivity index (χ0n) is 14.6. The number of hydrogen-bond donors (Lipinski definition) is 1. The normalized spacial score (nSPS) is 10.7. The first-order chi connectivity index (χ1) is 12.9. The number of thioether (sulfide) groups is 1. The van der Waals surface area contributed by atoms with E-state index in [1.54, 1.807) is 36.4 Å². The molecule has 2 aromatic carbocycles. The molecule has 0 aliphatic heterocycles. The van der Waals surface area contributed by atoms with Gasteiger partial charge in [-0.2, -0.15) is 0 Å². The minimum absolute atomic E-state index is 0.127. The average molecular weight is 423 g/mol. The van der Waals surface area contributed by atoms with E-state index >= 15 is 0 Å². The Bertz CT molecular complexity index is 945. The molecule has 1 N–H and O–H groups in total. The maximum atomic E-state index is 12.3. The van der Waals surface area contributed by atoms with Crippen LogP contribution in [0.5, 0.6) is 0 Å². The number of hydrogen-bond acceptors (Lipinski definition) is 6. The van der Waals surface area contributed by atoms with Gasteiger partial charge in [0.1, 0.15) is 0 Å². The topological polar surface area (TPSA) is 71.3 Å². The molecule has 27 heavy (non-hydrogen) atoms. The van der Waals surface area contributed by atoms with Gasteiger partial charge < -0.3 is 14.6 Å². The van der Waals surface area contributed by atoms with E-state index in [1.807, 2.05) is 25.1 Å². The summed E-state index contributed by atoms with van der Waals surface area (Å²) >= 11 is 13.1. The standard InChI is InChI=1S/C18H16Cl2N4O2S/c1-24(2)15-8-7-13(20)9-14(15)21-16(25)10-27-18-23-22-17(26-18)11-3-5-12(19)6-4-11/h3-9H,10H2,1-2H3,(H,21,25). The SMILES string of the molecule is CN(C)c1ccc(Cl)cc1NC(=O)CSc1nnc(-c2ccc(Cl)cc2)o1. The molecule has 0 radical (unpaired) electrons. The summed E-state index contributed by atoms with van der Waals surface area (Å²) in [6.45, 7) is 0. The Balaban J connectivity index is 1.62. The van der Waals surface area contributed by atoms with Crippen LogP contribution in [0.15, 0.2) is 52.1 Å². The van der Waals surface area contributed by atoms with Crippen LogP contribution < -0.4 is 10.2 Å². The van der Waals surface area contributed by atoms with Gasteiger partial charge in [0.25, 0.3) is 5.22 Å². The van der Waals surface area contributed by atoms with Gasteiger partial charge in [0.05, 0.1) is 17.1 Å². The summed E-state index contributed by atoms with van der Waals surface area (Å²) < 4.78 is 5.58. The molecule has 3 aromatic rings. The molecule has 0 atom stereocenters. The fourth-order valence-electron chi connectivity index (χ4n) is 2.29.